The Morgan fingerprint density at radius 1 is 1.11 bits per heavy atom. The molecule has 2 rings (SSSR count). The molecular weight excluding hydrogens is 288 g/mol. The predicted octanol–water partition coefficient (Wildman–Crippen LogP) is 4.94. The van der Waals surface area contributed by atoms with Crippen molar-refractivity contribution in [3.8, 4) is 11.5 Å². The summed E-state index contributed by atoms with van der Waals surface area (Å²) in [5, 5.41) is 0.441. The number of hydrogen-bond acceptors (Lipinski definition) is 2. The zero-order valence-corrected chi connectivity index (χ0v) is 11.7. The van der Waals surface area contributed by atoms with Crippen molar-refractivity contribution in [2.75, 3.05) is 0 Å². The van der Waals surface area contributed by atoms with E-state index in [1.807, 2.05) is 13.0 Å². The van der Waals surface area contributed by atoms with E-state index in [2.05, 4.69) is 0 Å². The molecular formula is C14H12Cl2FNO. The Balaban J connectivity index is 2.25. The minimum atomic E-state index is -0.493. The smallest absolute Gasteiger partial charge is 0.146 e. The molecule has 1 atom stereocenters. The standard InChI is InChI=1S/C14H12Cl2FNO/c1-8(18)9-2-5-14(12(16)6-9)19-10-3-4-13(17)11(15)7-10/h2-8H,18H2,1H3/t8-/m1/s1. The van der Waals surface area contributed by atoms with E-state index in [0.717, 1.165) is 5.56 Å². The molecule has 0 radical (unpaired) electrons. The summed E-state index contributed by atoms with van der Waals surface area (Å²) in [5.41, 5.74) is 6.67. The van der Waals surface area contributed by atoms with Gasteiger partial charge in [0.2, 0.25) is 0 Å². The maximum absolute atomic E-state index is 13.0. The molecule has 0 aromatic heterocycles. The highest BCUT2D eigenvalue weighted by molar-refractivity contribution is 6.32. The molecule has 5 heteroatoms. The van der Waals surface area contributed by atoms with Crippen LogP contribution in [-0.4, -0.2) is 0 Å². The molecule has 0 aliphatic heterocycles. The summed E-state index contributed by atoms with van der Waals surface area (Å²) in [6.07, 6.45) is 0. The lowest BCUT2D eigenvalue weighted by Gasteiger charge is -2.11. The summed E-state index contributed by atoms with van der Waals surface area (Å²) >= 11 is 11.8. The largest absolute Gasteiger partial charge is 0.456 e. The second kappa shape index (κ2) is 5.78. The number of hydrogen-bond donors (Lipinski definition) is 1. The SMILES string of the molecule is C[C@@H](N)c1ccc(Oc2ccc(F)c(Cl)c2)c(Cl)c1. The third kappa shape index (κ3) is 3.38. The minimum absolute atomic E-state index is 0.000762. The van der Waals surface area contributed by atoms with Crippen LogP contribution in [0.15, 0.2) is 36.4 Å². The van der Waals surface area contributed by atoms with E-state index in [9.17, 15) is 4.39 Å². The zero-order valence-electron chi connectivity index (χ0n) is 10.2. The molecule has 0 amide bonds. The highest BCUT2D eigenvalue weighted by Crippen LogP contribution is 2.32. The van der Waals surface area contributed by atoms with Crippen molar-refractivity contribution >= 4 is 23.2 Å². The van der Waals surface area contributed by atoms with Crippen molar-refractivity contribution in [1.29, 1.82) is 0 Å². The Bertz CT molecular complexity index is 602. The van der Waals surface area contributed by atoms with Gasteiger partial charge in [-0.1, -0.05) is 29.3 Å². The molecule has 0 bridgehead atoms. The Morgan fingerprint density at radius 3 is 2.42 bits per heavy atom. The average Bonchev–Trinajstić information content (AvgIpc) is 2.36. The van der Waals surface area contributed by atoms with Crippen LogP contribution in [0.4, 0.5) is 4.39 Å². The highest BCUT2D eigenvalue weighted by atomic mass is 35.5. The number of rotatable bonds is 3. The van der Waals surface area contributed by atoms with Gasteiger partial charge in [0.15, 0.2) is 0 Å². The van der Waals surface area contributed by atoms with Gasteiger partial charge in [-0.15, -0.1) is 0 Å². The zero-order chi connectivity index (χ0) is 14.0. The van der Waals surface area contributed by atoms with Crippen LogP contribution in [0.1, 0.15) is 18.5 Å². The van der Waals surface area contributed by atoms with Gasteiger partial charge in [0.05, 0.1) is 10.0 Å². The summed E-state index contributed by atoms with van der Waals surface area (Å²) in [4.78, 5) is 0. The quantitative estimate of drug-likeness (QED) is 0.871. The van der Waals surface area contributed by atoms with Gasteiger partial charge in [0.1, 0.15) is 17.3 Å². The van der Waals surface area contributed by atoms with E-state index in [1.54, 1.807) is 12.1 Å². The van der Waals surface area contributed by atoms with Gasteiger partial charge in [-0.25, -0.2) is 4.39 Å². The molecule has 0 aliphatic rings. The van der Waals surface area contributed by atoms with E-state index in [1.165, 1.54) is 18.2 Å². The van der Waals surface area contributed by atoms with E-state index in [4.69, 9.17) is 33.7 Å². The molecule has 2 nitrogen and oxygen atoms in total. The van der Waals surface area contributed by atoms with Crippen LogP contribution in [0.5, 0.6) is 11.5 Å². The predicted molar refractivity (Wildman–Crippen MR) is 75.5 cm³/mol. The van der Waals surface area contributed by atoms with E-state index < -0.39 is 5.82 Å². The van der Waals surface area contributed by atoms with Crippen LogP contribution in [0.2, 0.25) is 10.0 Å². The topological polar surface area (TPSA) is 35.2 Å². The number of benzene rings is 2. The van der Waals surface area contributed by atoms with Crippen molar-refractivity contribution in [2.24, 2.45) is 5.73 Å². The minimum Gasteiger partial charge on any atom is -0.456 e. The fraction of sp³-hybridized carbons (Fsp3) is 0.143. The van der Waals surface area contributed by atoms with Crippen molar-refractivity contribution in [2.45, 2.75) is 13.0 Å². The van der Waals surface area contributed by atoms with Crippen LogP contribution in [0, 0.1) is 5.82 Å². The highest BCUT2D eigenvalue weighted by Gasteiger charge is 2.08. The molecule has 2 N–H and O–H groups in total. The molecule has 0 saturated carbocycles. The average molecular weight is 300 g/mol. The van der Waals surface area contributed by atoms with Crippen molar-refractivity contribution in [1.82, 2.24) is 0 Å². The van der Waals surface area contributed by atoms with Crippen LogP contribution in [-0.2, 0) is 0 Å². The second-order valence-corrected chi connectivity index (χ2v) is 4.97. The van der Waals surface area contributed by atoms with Crippen LogP contribution >= 0.6 is 23.2 Å². The Hall–Kier alpha value is -1.29. The Labute approximate surface area is 120 Å². The molecule has 0 aliphatic carbocycles. The molecule has 0 spiro atoms. The Morgan fingerprint density at radius 2 is 1.84 bits per heavy atom. The van der Waals surface area contributed by atoms with Crippen molar-refractivity contribution in [3.05, 3.63) is 57.8 Å². The first kappa shape index (κ1) is 14.1. The maximum atomic E-state index is 13.0. The van der Waals surface area contributed by atoms with E-state index in [0.29, 0.717) is 16.5 Å². The number of nitrogens with two attached hydrogens (primary N) is 1. The molecule has 2 aromatic rings. The van der Waals surface area contributed by atoms with Gasteiger partial charge in [0, 0.05) is 12.1 Å². The molecule has 0 heterocycles. The normalized spacial score (nSPS) is 12.3. The maximum Gasteiger partial charge on any atom is 0.146 e. The Kier molecular flexibility index (Phi) is 4.30. The summed E-state index contributed by atoms with van der Waals surface area (Å²) in [5.74, 6) is 0.392. The second-order valence-electron chi connectivity index (χ2n) is 4.16. The number of ether oxygens (including phenoxy) is 1. The first-order valence-electron chi connectivity index (χ1n) is 5.65. The lowest BCUT2D eigenvalue weighted by molar-refractivity contribution is 0.480. The molecule has 0 fully saturated rings. The van der Waals surface area contributed by atoms with Gasteiger partial charge in [-0.05, 0) is 36.8 Å². The van der Waals surface area contributed by atoms with Gasteiger partial charge < -0.3 is 10.5 Å². The van der Waals surface area contributed by atoms with Gasteiger partial charge >= 0.3 is 0 Å². The van der Waals surface area contributed by atoms with Crippen LogP contribution in [0.25, 0.3) is 0 Å². The molecule has 0 saturated heterocycles. The summed E-state index contributed by atoms with van der Waals surface area (Å²) in [6, 6.07) is 9.31. The summed E-state index contributed by atoms with van der Waals surface area (Å²) < 4.78 is 18.6. The first-order valence-corrected chi connectivity index (χ1v) is 6.41. The molecule has 19 heavy (non-hydrogen) atoms. The van der Waals surface area contributed by atoms with Gasteiger partial charge in [0.25, 0.3) is 0 Å². The van der Waals surface area contributed by atoms with Gasteiger partial charge in [-0.2, -0.15) is 0 Å². The van der Waals surface area contributed by atoms with Crippen LogP contribution in [0.3, 0.4) is 0 Å². The van der Waals surface area contributed by atoms with Crippen molar-refractivity contribution in [3.63, 3.8) is 0 Å². The lowest BCUT2D eigenvalue weighted by Crippen LogP contribution is -2.04. The number of halogens is 3. The van der Waals surface area contributed by atoms with Crippen LogP contribution < -0.4 is 10.5 Å². The fourth-order valence-corrected chi connectivity index (χ4v) is 1.95. The molecule has 0 unspecified atom stereocenters. The lowest BCUT2D eigenvalue weighted by atomic mass is 10.1. The van der Waals surface area contributed by atoms with Crippen molar-refractivity contribution < 1.29 is 9.13 Å². The van der Waals surface area contributed by atoms with Gasteiger partial charge in [-0.3, -0.25) is 0 Å². The molecule has 100 valence electrons. The van der Waals surface area contributed by atoms with E-state index in [-0.39, 0.29) is 11.1 Å². The molecule has 2 aromatic carbocycles. The fourth-order valence-electron chi connectivity index (χ4n) is 1.55. The monoisotopic (exact) mass is 299 g/mol. The first-order chi connectivity index (χ1) is 8.97. The third-order valence-electron chi connectivity index (χ3n) is 2.60. The third-order valence-corrected chi connectivity index (χ3v) is 3.19. The van der Waals surface area contributed by atoms with E-state index >= 15 is 0 Å². The summed E-state index contributed by atoms with van der Waals surface area (Å²) in [7, 11) is 0. The summed E-state index contributed by atoms with van der Waals surface area (Å²) in [6.45, 7) is 1.87.